The number of nitrogens with one attached hydrogen (secondary N) is 1. The van der Waals surface area contributed by atoms with Crippen molar-refractivity contribution in [2.45, 2.75) is 19.9 Å². The Bertz CT molecular complexity index is 392. The van der Waals surface area contributed by atoms with Gasteiger partial charge in [0.1, 0.15) is 0 Å². The molecule has 1 aliphatic heterocycles. The van der Waals surface area contributed by atoms with Gasteiger partial charge in [-0.25, -0.2) is 0 Å². The van der Waals surface area contributed by atoms with Gasteiger partial charge < -0.3 is 5.32 Å². The molecule has 1 aromatic rings. The summed E-state index contributed by atoms with van der Waals surface area (Å²) in [6, 6.07) is 10.2. The van der Waals surface area contributed by atoms with E-state index in [4.69, 9.17) is 0 Å². The fourth-order valence-electron chi connectivity index (χ4n) is 1.78. The molecule has 2 nitrogen and oxygen atoms in total. The molecule has 1 fully saturated rings. The molecule has 78 valence electrons. The van der Waals surface area contributed by atoms with Crippen LogP contribution < -0.4 is 5.32 Å². The molecule has 2 heteroatoms. The summed E-state index contributed by atoms with van der Waals surface area (Å²) < 4.78 is 0. The normalized spacial score (nSPS) is 22.7. The summed E-state index contributed by atoms with van der Waals surface area (Å²) in [7, 11) is 0. The maximum atomic E-state index is 11.4. The summed E-state index contributed by atoms with van der Waals surface area (Å²) in [6.45, 7) is 4.23. The number of amides is 1. The molecule has 1 saturated heterocycles. The smallest absolute Gasteiger partial charge is 0.249 e. The zero-order chi connectivity index (χ0) is 10.8. The average molecular weight is 201 g/mol. The minimum Gasteiger partial charge on any atom is -0.345 e. The lowest BCUT2D eigenvalue weighted by Crippen LogP contribution is -2.54. The van der Waals surface area contributed by atoms with Gasteiger partial charge in [-0.2, -0.15) is 0 Å². The third-order valence-corrected chi connectivity index (χ3v) is 2.67. The molecule has 0 unspecified atom stereocenters. The molecule has 2 rings (SSSR count). The van der Waals surface area contributed by atoms with Crippen molar-refractivity contribution in [1.29, 1.82) is 0 Å². The van der Waals surface area contributed by atoms with E-state index in [2.05, 4.69) is 19.2 Å². The fraction of sp³-hybridized carbons (Fsp3) is 0.308. The van der Waals surface area contributed by atoms with E-state index in [1.807, 2.05) is 36.4 Å². The van der Waals surface area contributed by atoms with Crippen molar-refractivity contribution in [1.82, 2.24) is 5.32 Å². The van der Waals surface area contributed by atoms with Crippen molar-refractivity contribution >= 4 is 12.0 Å². The maximum absolute atomic E-state index is 11.4. The molecule has 1 aromatic carbocycles. The van der Waals surface area contributed by atoms with E-state index in [0.717, 1.165) is 11.1 Å². The summed E-state index contributed by atoms with van der Waals surface area (Å²) in [6.07, 6.45) is 1.98. The molecule has 0 saturated carbocycles. The summed E-state index contributed by atoms with van der Waals surface area (Å²) in [5, 5.41) is 2.91. The van der Waals surface area contributed by atoms with E-state index in [-0.39, 0.29) is 11.9 Å². The Balaban J connectivity index is 2.23. The first-order valence-electron chi connectivity index (χ1n) is 5.26. The summed E-state index contributed by atoms with van der Waals surface area (Å²) in [5.41, 5.74) is 1.99. The molecular formula is C13H15NO. The highest BCUT2D eigenvalue weighted by atomic mass is 16.2. The monoisotopic (exact) mass is 201 g/mol. The number of carbonyl (C=O) groups is 1. The van der Waals surface area contributed by atoms with Crippen LogP contribution in [0.2, 0.25) is 0 Å². The number of benzene rings is 1. The standard InChI is InChI=1S/C13H15NO/c1-9(2)12-11(13(15)14-12)8-10-6-4-3-5-7-10/h3-9,12H,1-2H3,(H,14,15)/b11-8+/t12-/m1/s1. The minimum absolute atomic E-state index is 0.0672. The Morgan fingerprint density at radius 1 is 1.27 bits per heavy atom. The Labute approximate surface area is 90.0 Å². The number of hydrogen-bond acceptors (Lipinski definition) is 1. The van der Waals surface area contributed by atoms with Gasteiger partial charge in [0.05, 0.1) is 6.04 Å². The lowest BCUT2D eigenvalue weighted by molar-refractivity contribution is -0.122. The van der Waals surface area contributed by atoms with Crippen molar-refractivity contribution in [3.63, 3.8) is 0 Å². The third kappa shape index (κ3) is 1.94. The molecule has 0 aromatic heterocycles. The largest absolute Gasteiger partial charge is 0.345 e. The molecular weight excluding hydrogens is 186 g/mol. The van der Waals surface area contributed by atoms with E-state index >= 15 is 0 Å². The Hall–Kier alpha value is -1.57. The van der Waals surface area contributed by atoms with Crippen LogP contribution in [0.3, 0.4) is 0 Å². The zero-order valence-corrected chi connectivity index (χ0v) is 9.03. The Morgan fingerprint density at radius 2 is 1.93 bits per heavy atom. The molecule has 1 aliphatic rings. The van der Waals surface area contributed by atoms with Gasteiger partial charge in [-0.05, 0) is 17.6 Å². The first-order chi connectivity index (χ1) is 7.18. The first kappa shape index (κ1) is 9.97. The topological polar surface area (TPSA) is 29.1 Å². The SMILES string of the molecule is CC(C)[C@H]1NC(=O)/C1=C/c1ccccc1. The molecule has 0 bridgehead atoms. The van der Waals surface area contributed by atoms with Gasteiger partial charge in [-0.15, -0.1) is 0 Å². The molecule has 1 amide bonds. The van der Waals surface area contributed by atoms with E-state index in [0.29, 0.717) is 5.92 Å². The van der Waals surface area contributed by atoms with E-state index in [1.165, 1.54) is 0 Å². The van der Waals surface area contributed by atoms with Gasteiger partial charge in [0, 0.05) is 5.57 Å². The van der Waals surface area contributed by atoms with Crippen molar-refractivity contribution < 1.29 is 4.79 Å². The van der Waals surface area contributed by atoms with Crippen molar-refractivity contribution in [3.05, 3.63) is 41.5 Å². The second-order valence-corrected chi connectivity index (χ2v) is 4.21. The maximum Gasteiger partial charge on any atom is 0.249 e. The number of rotatable bonds is 2. The Morgan fingerprint density at radius 3 is 2.47 bits per heavy atom. The molecule has 0 radical (unpaired) electrons. The summed E-state index contributed by atoms with van der Waals surface area (Å²) in [4.78, 5) is 11.4. The highest BCUT2D eigenvalue weighted by Gasteiger charge is 2.34. The second-order valence-electron chi connectivity index (χ2n) is 4.21. The minimum atomic E-state index is 0.0672. The van der Waals surface area contributed by atoms with Crippen LogP contribution in [0, 0.1) is 5.92 Å². The van der Waals surface area contributed by atoms with Crippen molar-refractivity contribution in [2.75, 3.05) is 0 Å². The average Bonchev–Trinajstić information content (AvgIpc) is 2.23. The fourth-order valence-corrected chi connectivity index (χ4v) is 1.78. The van der Waals surface area contributed by atoms with Crippen LogP contribution in [0.4, 0.5) is 0 Å². The summed E-state index contributed by atoms with van der Waals surface area (Å²) >= 11 is 0. The van der Waals surface area contributed by atoms with Gasteiger partial charge in [0.15, 0.2) is 0 Å². The lowest BCUT2D eigenvalue weighted by Gasteiger charge is -2.33. The highest BCUT2D eigenvalue weighted by Crippen LogP contribution is 2.23. The zero-order valence-electron chi connectivity index (χ0n) is 9.03. The molecule has 0 aliphatic carbocycles. The third-order valence-electron chi connectivity index (χ3n) is 2.67. The van der Waals surface area contributed by atoms with Gasteiger partial charge in [-0.1, -0.05) is 44.2 Å². The van der Waals surface area contributed by atoms with Gasteiger partial charge in [0.2, 0.25) is 5.91 Å². The molecule has 15 heavy (non-hydrogen) atoms. The van der Waals surface area contributed by atoms with Crippen LogP contribution in [-0.2, 0) is 4.79 Å². The predicted molar refractivity (Wildman–Crippen MR) is 61.2 cm³/mol. The molecule has 0 spiro atoms. The molecule has 1 N–H and O–H groups in total. The highest BCUT2D eigenvalue weighted by molar-refractivity contribution is 6.05. The Kier molecular flexibility index (Phi) is 2.58. The number of β-lactam (4-membered cyclic amide) rings is 1. The van der Waals surface area contributed by atoms with Crippen molar-refractivity contribution in [2.24, 2.45) is 5.92 Å². The van der Waals surface area contributed by atoms with Crippen LogP contribution in [0.25, 0.3) is 6.08 Å². The molecule has 1 heterocycles. The van der Waals surface area contributed by atoms with Crippen LogP contribution in [-0.4, -0.2) is 11.9 Å². The number of carbonyl (C=O) groups excluding carboxylic acids is 1. The van der Waals surface area contributed by atoms with E-state index < -0.39 is 0 Å². The van der Waals surface area contributed by atoms with Crippen LogP contribution in [0.1, 0.15) is 19.4 Å². The molecule has 1 atom stereocenters. The first-order valence-corrected chi connectivity index (χ1v) is 5.26. The second kappa shape index (κ2) is 3.89. The van der Waals surface area contributed by atoms with Gasteiger partial charge in [-0.3, -0.25) is 4.79 Å². The van der Waals surface area contributed by atoms with E-state index in [9.17, 15) is 4.79 Å². The van der Waals surface area contributed by atoms with Crippen molar-refractivity contribution in [3.8, 4) is 0 Å². The quantitative estimate of drug-likeness (QED) is 0.577. The predicted octanol–water partition coefficient (Wildman–Crippen LogP) is 2.22. The van der Waals surface area contributed by atoms with Crippen LogP contribution in [0.15, 0.2) is 35.9 Å². The number of hydrogen-bond donors (Lipinski definition) is 1. The van der Waals surface area contributed by atoms with Gasteiger partial charge in [0.25, 0.3) is 0 Å². The van der Waals surface area contributed by atoms with Crippen LogP contribution >= 0.6 is 0 Å². The van der Waals surface area contributed by atoms with Gasteiger partial charge >= 0.3 is 0 Å². The lowest BCUT2D eigenvalue weighted by atomic mass is 9.87. The van der Waals surface area contributed by atoms with E-state index in [1.54, 1.807) is 0 Å². The summed E-state index contributed by atoms with van der Waals surface area (Å²) in [5.74, 6) is 0.523. The van der Waals surface area contributed by atoms with Crippen LogP contribution in [0.5, 0.6) is 0 Å².